The monoisotopic (exact) mass is 214 g/mol. The van der Waals surface area contributed by atoms with Crippen LogP contribution in [0.15, 0.2) is 11.1 Å². The average Bonchev–Trinajstić information content (AvgIpc) is 2.09. The molecule has 0 aromatic carbocycles. The number of carboxylic acids is 2. The van der Waals surface area contributed by atoms with Gasteiger partial charge < -0.3 is 14.9 Å². The van der Waals surface area contributed by atoms with Gasteiger partial charge in [-0.1, -0.05) is 6.92 Å². The van der Waals surface area contributed by atoms with Crippen LogP contribution in [0.2, 0.25) is 0 Å². The number of carbonyl (C=O) groups is 2. The molecule has 0 unspecified atom stereocenters. The van der Waals surface area contributed by atoms with E-state index in [1.165, 1.54) is 6.92 Å². The smallest absolute Gasteiger partial charge is 0.332 e. The van der Waals surface area contributed by atoms with E-state index in [0.717, 1.165) is 0 Å². The van der Waals surface area contributed by atoms with Crippen molar-refractivity contribution in [1.29, 1.82) is 0 Å². The highest BCUT2D eigenvalue weighted by Gasteiger charge is 2.36. The molecule has 15 heavy (non-hydrogen) atoms. The molecule has 0 atom stereocenters. The highest BCUT2D eigenvalue weighted by molar-refractivity contribution is 5.98. The van der Waals surface area contributed by atoms with Crippen LogP contribution < -0.4 is 0 Å². The largest absolute Gasteiger partial charge is 0.478 e. The highest BCUT2D eigenvalue weighted by Crippen LogP contribution is 2.34. The Morgan fingerprint density at radius 1 is 1.27 bits per heavy atom. The minimum atomic E-state index is -1.18. The third kappa shape index (κ3) is 2.56. The standard InChI is InChI=1S/C10H14O5/c1-6(8(11)12)7(9(13)14)3-10(2)4-15-5-10/h3-5H2,1-2H3,(H,11,12)(H,13,14)/b7-6+. The first-order valence-electron chi connectivity index (χ1n) is 4.60. The second kappa shape index (κ2) is 4.02. The first-order valence-corrected chi connectivity index (χ1v) is 4.60. The Morgan fingerprint density at radius 3 is 2.07 bits per heavy atom. The first-order chi connectivity index (χ1) is 6.86. The van der Waals surface area contributed by atoms with Crippen molar-refractivity contribution >= 4 is 11.9 Å². The maximum Gasteiger partial charge on any atom is 0.332 e. The Labute approximate surface area is 87.4 Å². The molecule has 0 spiro atoms. The van der Waals surface area contributed by atoms with Crippen LogP contribution in [0, 0.1) is 5.41 Å². The minimum Gasteiger partial charge on any atom is -0.478 e. The minimum absolute atomic E-state index is 0.0340. The lowest BCUT2D eigenvalue weighted by Crippen LogP contribution is -2.40. The van der Waals surface area contributed by atoms with Gasteiger partial charge in [0.1, 0.15) is 0 Å². The Balaban J connectivity index is 2.88. The van der Waals surface area contributed by atoms with Gasteiger partial charge in [-0.05, 0) is 13.3 Å². The zero-order valence-corrected chi connectivity index (χ0v) is 8.74. The predicted molar refractivity (Wildman–Crippen MR) is 51.5 cm³/mol. The van der Waals surface area contributed by atoms with Crippen LogP contribution in [-0.2, 0) is 14.3 Å². The van der Waals surface area contributed by atoms with Gasteiger partial charge in [0.25, 0.3) is 0 Å². The van der Waals surface area contributed by atoms with Crippen LogP contribution in [0.5, 0.6) is 0 Å². The molecule has 5 heteroatoms. The van der Waals surface area contributed by atoms with Crippen LogP contribution in [0.1, 0.15) is 20.3 Å². The van der Waals surface area contributed by atoms with Gasteiger partial charge in [-0.25, -0.2) is 9.59 Å². The normalized spacial score (nSPS) is 20.1. The maximum atomic E-state index is 10.9. The van der Waals surface area contributed by atoms with Crippen molar-refractivity contribution in [3.63, 3.8) is 0 Å². The molecule has 0 bridgehead atoms. The lowest BCUT2D eigenvalue weighted by Gasteiger charge is -2.38. The highest BCUT2D eigenvalue weighted by atomic mass is 16.5. The average molecular weight is 214 g/mol. The molecule has 0 aromatic rings. The van der Waals surface area contributed by atoms with E-state index >= 15 is 0 Å². The van der Waals surface area contributed by atoms with Gasteiger partial charge in [-0.3, -0.25) is 0 Å². The summed E-state index contributed by atoms with van der Waals surface area (Å²) in [6.07, 6.45) is 0.237. The van der Waals surface area contributed by atoms with E-state index in [-0.39, 0.29) is 23.0 Å². The lowest BCUT2D eigenvalue weighted by atomic mass is 9.80. The van der Waals surface area contributed by atoms with Gasteiger partial charge in [0.2, 0.25) is 0 Å². The Bertz CT molecular complexity index is 325. The summed E-state index contributed by atoms with van der Waals surface area (Å²) in [7, 11) is 0. The Hall–Kier alpha value is -1.36. The third-order valence-electron chi connectivity index (χ3n) is 2.54. The fourth-order valence-electron chi connectivity index (χ4n) is 1.48. The maximum absolute atomic E-state index is 10.9. The van der Waals surface area contributed by atoms with Gasteiger partial charge in [0.15, 0.2) is 0 Å². The van der Waals surface area contributed by atoms with Crippen molar-refractivity contribution in [2.45, 2.75) is 20.3 Å². The van der Waals surface area contributed by atoms with Gasteiger partial charge in [0.05, 0.1) is 13.2 Å². The predicted octanol–water partition coefficient (Wildman–Crippen LogP) is 0.899. The van der Waals surface area contributed by atoms with E-state index in [1.807, 2.05) is 6.92 Å². The second-order valence-electron chi connectivity index (χ2n) is 4.19. The Kier molecular flexibility index (Phi) is 3.14. The summed E-state index contributed by atoms with van der Waals surface area (Å²) in [5, 5.41) is 17.6. The van der Waals surface area contributed by atoms with Crippen LogP contribution in [0.3, 0.4) is 0 Å². The summed E-state index contributed by atoms with van der Waals surface area (Å²) < 4.78 is 5.00. The summed E-state index contributed by atoms with van der Waals surface area (Å²) in [5.41, 5.74) is -0.367. The molecule has 0 aromatic heterocycles. The van der Waals surface area contributed by atoms with Gasteiger partial charge in [0, 0.05) is 16.6 Å². The van der Waals surface area contributed by atoms with Crippen molar-refractivity contribution in [1.82, 2.24) is 0 Å². The lowest BCUT2D eigenvalue weighted by molar-refractivity contribution is -0.138. The van der Waals surface area contributed by atoms with Crippen molar-refractivity contribution in [2.24, 2.45) is 5.41 Å². The third-order valence-corrected chi connectivity index (χ3v) is 2.54. The molecule has 84 valence electrons. The molecular weight excluding hydrogens is 200 g/mol. The zero-order chi connectivity index (χ0) is 11.6. The first kappa shape index (κ1) is 11.7. The summed E-state index contributed by atoms with van der Waals surface area (Å²) >= 11 is 0. The Morgan fingerprint density at radius 2 is 1.80 bits per heavy atom. The van der Waals surface area contributed by atoms with E-state index in [0.29, 0.717) is 13.2 Å². The van der Waals surface area contributed by atoms with E-state index in [9.17, 15) is 9.59 Å². The van der Waals surface area contributed by atoms with Crippen LogP contribution >= 0.6 is 0 Å². The molecular formula is C10H14O5. The molecule has 0 amide bonds. The van der Waals surface area contributed by atoms with Gasteiger partial charge >= 0.3 is 11.9 Å². The molecule has 1 aliphatic rings. The van der Waals surface area contributed by atoms with Crippen molar-refractivity contribution in [3.8, 4) is 0 Å². The molecule has 5 nitrogen and oxygen atoms in total. The van der Waals surface area contributed by atoms with Gasteiger partial charge in [-0.15, -0.1) is 0 Å². The second-order valence-corrected chi connectivity index (χ2v) is 4.19. The topological polar surface area (TPSA) is 83.8 Å². The van der Waals surface area contributed by atoms with E-state index in [4.69, 9.17) is 14.9 Å². The summed E-state index contributed by atoms with van der Waals surface area (Å²) in [5.74, 6) is -2.35. The van der Waals surface area contributed by atoms with Crippen LogP contribution in [0.25, 0.3) is 0 Å². The van der Waals surface area contributed by atoms with E-state index < -0.39 is 11.9 Å². The van der Waals surface area contributed by atoms with Crippen LogP contribution in [0.4, 0.5) is 0 Å². The summed E-state index contributed by atoms with van der Waals surface area (Å²) in [6, 6.07) is 0. The molecule has 1 saturated heterocycles. The number of hydrogen-bond acceptors (Lipinski definition) is 3. The number of hydrogen-bond donors (Lipinski definition) is 2. The fraction of sp³-hybridized carbons (Fsp3) is 0.600. The molecule has 0 radical (unpaired) electrons. The molecule has 2 N–H and O–H groups in total. The number of aliphatic carboxylic acids is 2. The summed E-state index contributed by atoms with van der Waals surface area (Å²) in [4.78, 5) is 21.6. The summed E-state index contributed by atoms with van der Waals surface area (Å²) in [6.45, 7) is 4.16. The molecule has 1 rings (SSSR count). The van der Waals surface area contributed by atoms with Gasteiger partial charge in [-0.2, -0.15) is 0 Å². The van der Waals surface area contributed by atoms with Crippen molar-refractivity contribution in [3.05, 3.63) is 11.1 Å². The molecule has 1 heterocycles. The molecule has 1 fully saturated rings. The quantitative estimate of drug-likeness (QED) is 0.679. The SMILES string of the molecule is C/C(C(=O)O)=C(/CC1(C)COC1)C(=O)O. The number of rotatable bonds is 4. The van der Waals surface area contributed by atoms with E-state index in [1.54, 1.807) is 0 Å². The molecule has 0 saturated carbocycles. The van der Waals surface area contributed by atoms with Crippen molar-refractivity contribution < 1.29 is 24.5 Å². The molecule has 1 aliphatic heterocycles. The molecule has 0 aliphatic carbocycles. The van der Waals surface area contributed by atoms with Crippen LogP contribution in [-0.4, -0.2) is 35.4 Å². The fourth-order valence-corrected chi connectivity index (χ4v) is 1.48. The number of ether oxygens (including phenoxy) is 1. The number of carboxylic acid groups (broad SMARTS) is 2. The zero-order valence-electron chi connectivity index (χ0n) is 8.74. The van der Waals surface area contributed by atoms with Crippen molar-refractivity contribution in [2.75, 3.05) is 13.2 Å². The van der Waals surface area contributed by atoms with E-state index in [2.05, 4.69) is 0 Å².